The minimum absolute atomic E-state index is 0.0000307. The van der Waals surface area contributed by atoms with Gasteiger partial charge in [-0.3, -0.25) is 9.52 Å². The van der Waals surface area contributed by atoms with Crippen LogP contribution in [-0.4, -0.2) is 20.1 Å². The van der Waals surface area contributed by atoms with Crippen LogP contribution in [0.25, 0.3) is 0 Å². The number of benzene rings is 2. The Balaban J connectivity index is 1.92. The molecule has 1 amide bonds. The molecule has 0 saturated carbocycles. The average molecular weight is 352 g/mol. The molecule has 0 spiro atoms. The van der Waals surface area contributed by atoms with Gasteiger partial charge in [-0.1, -0.05) is 6.07 Å². The SMILES string of the molecule is Cc1ccc(NS(=O)(=O)c2ccc3c(c2)NC(=O)CS3)cc1F. The van der Waals surface area contributed by atoms with E-state index in [9.17, 15) is 17.6 Å². The van der Waals surface area contributed by atoms with Crippen molar-refractivity contribution >= 4 is 39.1 Å². The maximum absolute atomic E-state index is 13.5. The van der Waals surface area contributed by atoms with Crippen LogP contribution in [0.15, 0.2) is 46.2 Å². The standard InChI is InChI=1S/C15H13FN2O3S2/c1-9-2-3-10(6-12(9)16)18-23(20,21)11-4-5-14-13(7-11)17-15(19)8-22-14/h2-7,18H,8H2,1H3,(H,17,19). The van der Waals surface area contributed by atoms with Crippen LogP contribution in [-0.2, 0) is 14.8 Å². The highest BCUT2D eigenvalue weighted by molar-refractivity contribution is 8.00. The first-order chi connectivity index (χ1) is 10.8. The molecule has 0 aliphatic carbocycles. The van der Waals surface area contributed by atoms with E-state index in [4.69, 9.17) is 0 Å². The second-order valence-corrected chi connectivity index (χ2v) is 7.76. The number of fused-ring (bicyclic) bond motifs is 1. The number of anilines is 2. The van der Waals surface area contributed by atoms with Crippen LogP contribution in [0.5, 0.6) is 0 Å². The third-order valence-electron chi connectivity index (χ3n) is 3.32. The first kappa shape index (κ1) is 15.8. The second kappa shape index (κ2) is 5.86. The molecule has 23 heavy (non-hydrogen) atoms. The van der Waals surface area contributed by atoms with Gasteiger partial charge in [0, 0.05) is 4.90 Å². The summed E-state index contributed by atoms with van der Waals surface area (Å²) in [6.07, 6.45) is 0. The number of rotatable bonds is 3. The van der Waals surface area contributed by atoms with E-state index in [2.05, 4.69) is 10.0 Å². The van der Waals surface area contributed by atoms with Crippen molar-refractivity contribution in [3.8, 4) is 0 Å². The summed E-state index contributed by atoms with van der Waals surface area (Å²) < 4.78 is 40.7. The molecule has 2 aromatic rings. The molecule has 120 valence electrons. The van der Waals surface area contributed by atoms with E-state index < -0.39 is 15.8 Å². The molecule has 0 aromatic heterocycles. The van der Waals surface area contributed by atoms with Crippen LogP contribution in [0.3, 0.4) is 0 Å². The van der Waals surface area contributed by atoms with Crippen LogP contribution in [0.4, 0.5) is 15.8 Å². The van der Waals surface area contributed by atoms with E-state index in [0.717, 1.165) is 11.0 Å². The molecule has 0 radical (unpaired) electrons. The van der Waals surface area contributed by atoms with Crippen molar-refractivity contribution in [2.45, 2.75) is 16.7 Å². The average Bonchev–Trinajstić information content (AvgIpc) is 2.50. The quantitative estimate of drug-likeness (QED) is 0.890. The lowest BCUT2D eigenvalue weighted by Gasteiger charge is -2.17. The predicted molar refractivity (Wildman–Crippen MR) is 87.7 cm³/mol. The number of thioether (sulfide) groups is 1. The number of carbonyl (C=O) groups excluding carboxylic acids is 1. The molecule has 2 aromatic carbocycles. The summed E-state index contributed by atoms with van der Waals surface area (Å²) >= 11 is 1.35. The smallest absolute Gasteiger partial charge is 0.261 e. The zero-order chi connectivity index (χ0) is 16.6. The van der Waals surface area contributed by atoms with Gasteiger partial charge in [-0.25, -0.2) is 12.8 Å². The summed E-state index contributed by atoms with van der Waals surface area (Å²) in [6.45, 7) is 1.59. The van der Waals surface area contributed by atoms with E-state index in [-0.39, 0.29) is 16.5 Å². The number of aryl methyl sites for hydroxylation is 1. The molecule has 0 unspecified atom stereocenters. The Morgan fingerprint density at radius 3 is 2.74 bits per heavy atom. The third-order valence-corrected chi connectivity index (χ3v) is 5.77. The van der Waals surface area contributed by atoms with Gasteiger partial charge >= 0.3 is 0 Å². The van der Waals surface area contributed by atoms with Gasteiger partial charge in [0.05, 0.1) is 22.0 Å². The number of amides is 1. The van der Waals surface area contributed by atoms with Crippen molar-refractivity contribution in [1.82, 2.24) is 0 Å². The van der Waals surface area contributed by atoms with Gasteiger partial charge in [0.2, 0.25) is 5.91 Å². The molecule has 3 rings (SSSR count). The van der Waals surface area contributed by atoms with Crippen molar-refractivity contribution in [3.05, 3.63) is 47.8 Å². The second-order valence-electron chi connectivity index (χ2n) is 5.06. The Morgan fingerprint density at radius 2 is 2.00 bits per heavy atom. The molecule has 1 aliphatic rings. The van der Waals surface area contributed by atoms with Crippen LogP contribution < -0.4 is 10.0 Å². The Bertz CT molecular complexity index is 898. The van der Waals surface area contributed by atoms with Crippen molar-refractivity contribution in [1.29, 1.82) is 0 Å². The summed E-state index contributed by atoms with van der Waals surface area (Å²) in [6, 6.07) is 8.61. The highest BCUT2D eigenvalue weighted by Crippen LogP contribution is 2.33. The topological polar surface area (TPSA) is 75.3 Å². The Labute approximate surface area is 137 Å². The molecule has 5 nitrogen and oxygen atoms in total. The predicted octanol–water partition coefficient (Wildman–Crippen LogP) is 2.98. The van der Waals surface area contributed by atoms with Crippen molar-refractivity contribution in [2.24, 2.45) is 0 Å². The highest BCUT2D eigenvalue weighted by atomic mass is 32.2. The maximum Gasteiger partial charge on any atom is 0.261 e. The van der Waals surface area contributed by atoms with Crippen LogP contribution in [0.1, 0.15) is 5.56 Å². The molecular formula is C15H13FN2O3S2. The lowest BCUT2D eigenvalue weighted by Crippen LogP contribution is -2.20. The van der Waals surface area contributed by atoms with Gasteiger partial charge in [0.1, 0.15) is 5.82 Å². The van der Waals surface area contributed by atoms with Crippen molar-refractivity contribution < 1.29 is 17.6 Å². The van der Waals surface area contributed by atoms with Gasteiger partial charge in [-0.15, -0.1) is 11.8 Å². The van der Waals surface area contributed by atoms with E-state index in [1.807, 2.05) is 0 Å². The van der Waals surface area contributed by atoms with Crippen LogP contribution in [0, 0.1) is 12.7 Å². The normalized spacial score (nSPS) is 14.1. The number of halogens is 1. The molecule has 2 N–H and O–H groups in total. The third kappa shape index (κ3) is 3.32. The monoisotopic (exact) mass is 352 g/mol. The number of carbonyl (C=O) groups is 1. The zero-order valence-electron chi connectivity index (χ0n) is 12.1. The molecule has 1 heterocycles. The number of sulfonamides is 1. The van der Waals surface area contributed by atoms with Gasteiger partial charge < -0.3 is 5.32 Å². The van der Waals surface area contributed by atoms with E-state index in [1.165, 1.54) is 36.0 Å². The van der Waals surface area contributed by atoms with Gasteiger partial charge in [-0.2, -0.15) is 0 Å². The van der Waals surface area contributed by atoms with E-state index >= 15 is 0 Å². The summed E-state index contributed by atoms with van der Waals surface area (Å²) in [7, 11) is -3.87. The van der Waals surface area contributed by atoms with Crippen molar-refractivity contribution in [2.75, 3.05) is 15.8 Å². The fraction of sp³-hybridized carbons (Fsp3) is 0.133. The Kier molecular flexibility index (Phi) is 4.03. The minimum Gasteiger partial charge on any atom is -0.324 e. The Hall–Kier alpha value is -2.06. The zero-order valence-corrected chi connectivity index (χ0v) is 13.7. The lowest BCUT2D eigenvalue weighted by atomic mass is 10.2. The first-order valence-electron chi connectivity index (χ1n) is 6.71. The van der Waals surface area contributed by atoms with Gasteiger partial charge in [0.15, 0.2) is 0 Å². The molecule has 1 aliphatic heterocycles. The highest BCUT2D eigenvalue weighted by Gasteiger charge is 2.20. The summed E-state index contributed by atoms with van der Waals surface area (Å²) in [5.74, 6) is -0.357. The molecule has 0 saturated heterocycles. The minimum atomic E-state index is -3.87. The fourth-order valence-electron chi connectivity index (χ4n) is 2.10. The van der Waals surface area contributed by atoms with Crippen LogP contribution >= 0.6 is 11.8 Å². The molecule has 0 atom stereocenters. The van der Waals surface area contributed by atoms with Gasteiger partial charge in [-0.05, 0) is 42.8 Å². The number of nitrogens with one attached hydrogen (secondary N) is 2. The molecule has 0 fully saturated rings. The lowest BCUT2D eigenvalue weighted by molar-refractivity contribution is -0.113. The summed E-state index contributed by atoms with van der Waals surface area (Å²) in [4.78, 5) is 12.2. The summed E-state index contributed by atoms with van der Waals surface area (Å²) in [5.41, 5.74) is 1.04. The number of hydrogen-bond acceptors (Lipinski definition) is 4. The van der Waals surface area contributed by atoms with Gasteiger partial charge in [0.25, 0.3) is 10.0 Å². The van der Waals surface area contributed by atoms with E-state index in [0.29, 0.717) is 17.0 Å². The number of hydrogen-bond donors (Lipinski definition) is 2. The first-order valence-corrected chi connectivity index (χ1v) is 9.18. The molecule has 8 heteroatoms. The molecular weight excluding hydrogens is 339 g/mol. The molecule has 0 bridgehead atoms. The Morgan fingerprint density at radius 1 is 1.22 bits per heavy atom. The summed E-state index contributed by atoms with van der Waals surface area (Å²) in [5, 5.41) is 2.64. The fourth-order valence-corrected chi connectivity index (χ4v) is 3.96. The maximum atomic E-state index is 13.5. The van der Waals surface area contributed by atoms with Crippen LogP contribution in [0.2, 0.25) is 0 Å². The van der Waals surface area contributed by atoms with E-state index in [1.54, 1.807) is 13.0 Å². The van der Waals surface area contributed by atoms with Crippen molar-refractivity contribution in [3.63, 3.8) is 0 Å². The largest absolute Gasteiger partial charge is 0.324 e.